The van der Waals surface area contributed by atoms with Crippen LogP contribution in [0.5, 0.6) is 0 Å². The van der Waals surface area contributed by atoms with Crippen LogP contribution in [0.4, 0.5) is 0 Å². The summed E-state index contributed by atoms with van der Waals surface area (Å²) >= 11 is 0. The molecule has 19 heavy (non-hydrogen) atoms. The molecule has 2 rings (SSSR count). The minimum Gasteiger partial charge on any atom is -0.342 e. The fourth-order valence-corrected chi connectivity index (χ4v) is 3.63. The summed E-state index contributed by atoms with van der Waals surface area (Å²) in [5.41, 5.74) is -0.211. The van der Waals surface area contributed by atoms with Crippen molar-refractivity contribution >= 4 is 5.91 Å². The highest BCUT2D eigenvalue weighted by Gasteiger charge is 2.46. The van der Waals surface area contributed by atoms with Crippen LogP contribution in [0.3, 0.4) is 0 Å². The van der Waals surface area contributed by atoms with Crippen molar-refractivity contribution in [1.82, 2.24) is 15.1 Å². The fraction of sp³-hybridized carbons (Fsp3) is 0.933. The van der Waals surface area contributed by atoms with Gasteiger partial charge >= 0.3 is 0 Å². The van der Waals surface area contributed by atoms with Crippen molar-refractivity contribution in [2.24, 2.45) is 0 Å². The van der Waals surface area contributed by atoms with E-state index in [0.29, 0.717) is 5.91 Å². The Kier molecular flexibility index (Phi) is 5.22. The Morgan fingerprint density at radius 2 is 1.68 bits per heavy atom. The van der Waals surface area contributed by atoms with Crippen molar-refractivity contribution in [1.29, 1.82) is 0 Å². The molecule has 2 aliphatic heterocycles. The van der Waals surface area contributed by atoms with Gasteiger partial charge in [0, 0.05) is 13.1 Å². The molecule has 0 aliphatic carbocycles. The molecule has 0 atom stereocenters. The minimum atomic E-state index is -0.211. The first kappa shape index (κ1) is 14.8. The Labute approximate surface area is 117 Å². The maximum Gasteiger partial charge on any atom is 0.243 e. The van der Waals surface area contributed by atoms with E-state index in [1.54, 1.807) is 0 Å². The number of likely N-dealkylation sites (N-methyl/N-ethyl adjacent to an activating group) is 1. The zero-order chi connectivity index (χ0) is 13.7. The predicted molar refractivity (Wildman–Crippen MR) is 78.2 cm³/mol. The third kappa shape index (κ3) is 2.95. The molecule has 110 valence electrons. The van der Waals surface area contributed by atoms with Gasteiger partial charge in [0.2, 0.25) is 5.91 Å². The van der Waals surface area contributed by atoms with Gasteiger partial charge in [-0.2, -0.15) is 0 Å². The summed E-state index contributed by atoms with van der Waals surface area (Å²) in [5, 5.41) is 3.41. The van der Waals surface area contributed by atoms with E-state index in [1.165, 1.54) is 19.3 Å². The van der Waals surface area contributed by atoms with E-state index >= 15 is 0 Å². The van der Waals surface area contributed by atoms with Gasteiger partial charge < -0.3 is 10.2 Å². The molecule has 2 aliphatic rings. The fourth-order valence-electron chi connectivity index (χ4n) is 3.63. The van der Waals surface area contributed by atoms with Gasteiger partial charge in [0.05, 0.1) is 0 Å². The van der Waals surface area contributed by atoms with Crippen LogP contribution in [0.25, 0.3) is 0 Å². The van der Waals surface area contributed by atoms with Crippen molar-refractivity contribution in [3.05, 3.63) is 0 Å². The van der Waals surface area contributed by atoms with Gasteiger partial charge in [0.1, 0.15) is 5.54 Å². The molecule has 1 N–H and O–H groups in total. The number of hydrogen-bond donors (Lipinski definition) is 1. The molecule has 4 heteroatoms. The van der Waals surface area contributed by atoms with Crippen LogP contribution in [-0.4, -0.2) is 60.5 Å². The molecular formula is C15H29N3O. The summed E-state index contributed by atoms with van der Waals surface area (Å²) in [4.78, 5) is 17.6. The molecular weight excluding hydrogens is 238 g/mol. The lowest BCUT2D eigenvalue weighted by Crippen LogP contribution is -2.64. The molecule has 0 saturated carbocycles. The molecule has 0 spiro atoms. The zero-order valence-electron chi connectivity index (χ0n) is 12.6. The smallest absolute Gasteiger partial charge is 0.243 e. The Morgan fingerprint density at radius 3 is 2.21 bits per heavy atom. The number of carbonyl (C=O) groups excluding carboxylic acids is 1. The summed E-state index contributed by atoms with van der Waals surface area (Å²) < 4.78 is 0. The third-order valence-corrected chi connectivity index (χ3v) is 4.84. The SMILES string of the molecule is CCN(CC)C(=O)C1(N2CCCCC2)CCNCC1. The number of rotatable bonds is 4. The van der Waals surface area contributed by atoms with E-state index in [4.69, 9.17) is 0 Å². The van der Waals surface area contributed by atoms with Crippen LogP contribution in [-0.2, 0) is 4.79 Å². The summed E-state index contributed by atoms with van der Waals surface area (Å²) in [6.45, 7) is 10.0. The Balaban J connectivity index is 2.20. The monoisotopic (exact) mass is 267 g/mol. The number of piperidine rings is 2. The highest BCUT2D eigenvalue weighted by Crippen LogP contribution is 2.31. The second-order valence-electron chi connectivity index (χ2n) is 5.81. The molecule has 1 amide bonds. The average molecular weight is 267 g/mol. The third-order valence-electron chi connectivity index (χ3n) is 4.84. The van der Waals surface area contributed by atoms with Crippen molar-refractivity contribution in [3.63, 3.8) is 0 Å². The minimum absolute atomic E-state index is 0.211. The summed E-state index contributed by atoms with van der Waals surface area (Å²) in [6.07, 6.45) is 5.77. The summed E-state index contributed by atoms with van der Waals surface area (Å²) in [7, 11) is 0. The first-order valence-electron chi connectivity index (χ1n) is 7.99. The maximum atomic E-state index is 13.0. The van der Waals surface area contributed by atoms with Gasteiger partial charge in [-0.25, -0.2) is 0 Å². The van der Waals surface area contributed by atoms with Gasteiger partial charge in [0.15, 0.2) is 0 Å². The lowest BCUT2D eigenvalue weighted by Gasteiger charge is -2.48. The Morgan fingerprint density at radius 1 is 1.11 bits per heavy atom. The lowest BCUT2D eigenvalue weighted by molar-refractivity contribution is -0.147. The average Bonchev–Trinajstić information content (AvgIpc) is 2.50. The standard InChI is InChI=1S/C15H29N3O/c1-3-17(4-2)14(19)15(8-10-16-11-9-15)18-12-6-5-7-13-18/h16H,3-13H2,1-2H3. The molecule has 0 aromatic carbocycles. The highest BCUT2D eigenvalue weighted by atomic mass is 16.2. The first-order chi connectivity index (χ1) is 9.24. The van der Waals surface area contributed by atoms with Gasteiger partial charge in [-0.15, -0.1) is 0 Å². The predicted octanol–water partition coefficient (Wildman–Crippen LogP) is 1.46. The quantitative estimate of drug-likeness (QED) is 0.838. The van der Waals surface area contributed by atoms with Crippen molar-refractivity contribution in [2.45, 2.75) is 51.5 Å². The van der Waals surface area contributed by atoms with Crippen LogP contribution >= 0.6 is 0 Å². The molecule has 0 radical (unpaired) electrons. The largest absolute Gasteiger partial charge is 0.342 e. The van der Waals surface area contributed by atoms with Crippen LogP contribution in [0, 0.1) is 0 Å². The summed E-state index contributed by atoms with van der Waals surface area (Å²) in [6, 6.07) is 0. The molecule has 0 aromatic rings. The number of likely N-dealkylation sites (tertiary alicyclic amines) is 1. The number of nitrogens with one attached hydrogen (secondary N) is 1. The van der Waals surface area contributed by atoms with Crippen LogP contribution in [0.15, 0.2) is 0 Å². The number of amides is 1. The van der Waals surface area contributed by atoms with Crippen LogP contribution in [0.1, 0.15) is 46.0 Å². The van der Waals surface area contributed by atoms with E-state index in [2.05, 4.69) is 24.1 Å². The molecule has 0 unspecified atom stereocenters. The Bertz CT molecular complexity index is 290. The van der Waals surface area contributed by atoms with Gasteiger partial charge in [0.25, 0.3) is 0 Å². The topological polar surface area (TPSA) is 35.6 Å². The number of hydrogen-bond acceptors (Lipinski definition) is 3. The lowest BCUT2D eigenvalue weighted by atomic mass is 9.83. The molecule has 0 aromatic heterocycles. The normalized spacial score (nSPS) is 24.1. The molecule has 0 bridgehead atoms. The molecule has 4 nitrogen and oxygen atoms in total. The molecule has 2 fully saturated rings. The van der Waals surface area contributed by atoms with E-state index in [9.17, 15) is 4.79 Å². The molecule has 2 heterocycles. The Hall–Kier alpha value is -0.610. The number of carbonyl (C=O) groups is 1. The number of nitrogens with zero attached hydrogens (tertiary/aromatic N) is 2. The van der Waals surface area contributed by atoms with Gasteiger partial charge in [-0.1, -0.05) is 6.42 Å². The highest BCUT2D eigenvalue weighted by molar-refractivity contribution is 5.86. The van der Waals surface area contributed by atoms with Gasteiger partial charge in [-0.05, 0) is 65.7 Å². The van der Waals surface area contributed by atoms with E-state index < -0.39 is 0 Å². The van der Waals surface area contributed by atoms with E-state index in [1.807, 2.05) is 4.90 Å². The second kappa shape index (κ2) is 6.71. The van der Waals surface area contributed by atoms with Crippen LogP contribution in [0.2, 0.25) is 0 Å². The van der Waals surface area contributed by atoms with Crippen molar-refractivity contribution in [2.75, 3.05) is 39.3 Å². The van der Waals surface area contributed by atoms with Crippen LogP contribution < -0.4 is 5.32 Å². The zero-order valence-corrected chi connectivity index (χ0v) is 12.6. The molecule has 2 saturated heterocycles. The van der Waals surface area contributed by atoms with E-state index in [-0.39, 0.29) is 5.54 Å². The van der Waals surface area contributed by atoms with Crippen molar-refractivity contribution in [3.8, 4) is 0 Å². The first-order valence-corrected chi connectivity index (χ1v) is 7.99. The van der Waals surface area contributed by atoms with Gasteiger partial charge in [-0.3, -0.25) is 9.69 Å². The van der Waals surface area contributed by atoms with Crippen molar-refractivity contribution < 1.29 is 4.79 Å². The second-order valence-corrected chi connectivity index (χ2v) is 5.81. The van der Waals surface area contributed by atoms with E-state index in [0.717, 1.165) is 52.1 Å². The maximum absolute atomic E-state index is 13.0. The summed E-state index contributed by atoms with van der Waals surface area (Å²) in [5.74, 6) is 0.376.